The average molecular weight is 832 g/mol. The van der Waals surface area contributed by atoms with Crippen molar-refractivity contribution in [2.24, 2.45) is 18.4 Å². The van der Waals surface area contributed by atoms with Gasteiger partial charge >= 0.3 is 11.8 Å². The molecule has 1 spiro atoms. The van der Waals surface area contributed by atoms with Gasteiger partial charge in [-0.2, -0.15) is 0 Å². The predicted molar refractivity (Wildman–Crippen MR) is 228 cm³/mol. The van der Waals surface area contributed by atoms with Crippen molar-refractivity contribution in [2.75, 3.05) is 61.4 Å². The van der Waals surface area contributed by atoms with Gasteiger partial charge in [0.15, 0.2) is 0 Å². The number of anilines is 3. The van der Waals surface area contributed by atoms with Crippen molar-refractivity contribution in [3.63, 3.8) is 0 Å². The summed E-state index contributed by atoms with van der Waals surface area (Å²) in [5.74, 6) is 0.358. The number of pyridine rings is 2. The summed E-state index contributed by atoms with van der Waals surface area (Å²) >= 11 is 0. The Hall–Kier alpha value is -6.03. The lowest BCUT2D eigenvalue weighted by atomic mass is 9.61. The Morgan fingerprint density at radius 1 is 0.967 bits per heavy atom. The highest BCUT2D eigenvalue weighted by Gasteiger charge is 2.48. The number of likely N-dealkylation sites (tertiary alicyclic amines) is 1. The predicted octanol–water partition coefficient (Wildman–Crippen LogP) is 5.89. The highest BCUT2D eigenvalue weighted by molar-refractivity contribution is 6.00. The molecular formula is C45H50FN9O6. The molecule has 3 N–H and O–H groups in total. The van der Waals surface area contributed by atoms with Crippen molar-refractivity contribution in [2.45, 2.75) is 70.4 Å². The molecule has 3 amide bonds. The maximum atomic E-state index is 15.3. The smallest absolute Gasteiger partial charge is 0.413 e. The Bertz CT molecular complexity index is 2640. The van der Waals surface area contributed by atoms with Crippen molar-refractivity contribution in [3.8, 4) is 17.0 Å². The van der Waals surface area contributed by atoms with Gasteiger partial charge in [-0.05, 0) is 124 Å². The molecule has 10 rings (SSSR count). The highest BCUT2D eigenvalue weighted by atomic mass is 19.1. The van der Waals surface area contributed by atoms with E-state index in [1.54, 1.807) is 36.1 Å². The zero-order valence-electron chi connectivity index (χ0n) is 34.5. The van der Waals surface area contributed by atoms with Crippen LogP contribution in [0.3, 0.4) is 0 Å². The SMILES string of the molecule is Cc1c(-c2cc3cc(NC(=O)OC4CC5(CCN(CC6CCN(c7ccc8c(c7)n(C)c(=O)n8C7CCC(=O)NC7=O)CC6)CC5)C4)ncc3cc2F)cnc2c1NCCO2. The van der Waals surface area contributed by atoms with Crippen LogP contribution in [0.25, 0.3) is 32.9 Å². The molecular weight excluding hydrogens is 782 g/mol. The van der Waals surface area contributed by atoms with Crippen LogP contribution < -0.4 is 31.3 Å². The maximum Gasteiger partial charge on any atom is 0.413 e. The van der Waals surface area contributed by atoms with E-state index in [2.05, 4.69) is 35.7 Å². The van der Waals surface area contributed by atoms with Gasteiger partial charge in [0.05, 0.1) is 11.0 Å². The number of carbonyl (C=O) groups excluding carboxylic acids is 3. The number of imidazole rings is 1. The first-order valence-electron chi connectivity index (χ1n) is 21.5. The third-order valence-corrected chi connectivity index (χ3v) is 13.9. The number of carbonyl (C=O) groups is 3. The van der Waals surface area contributed by atoms with Gasteiger partial charge in [-0.3, -0.25) is 29.4 Å². The molecule has 1 saturated carbocycles. The van der Waals surface area contributed by atoms with Gasteiger partial charge in [0, 0.05) is 74.2 Å². The molecule has 0 radical (unpaired) electrons. The van der Waals surface area contributed by atoms with Gasteiger partial charge in [-0.15, -0.1) is 0 Å². The fourth-order valence-electron chi connectivity index (χ4n) is 10.3. The summed E-state index contributed by atoms with van der Waals surface area (Å²) in [6.07, 6.45) is 9.14. The summed E-state index contributed by atoms with van der Waals surface area (Å²) in [5, 5.41) is 9.82. The molecule has 1 aliphatic carbocycles. The second kappa shape index (κ2) is 15.5. The van der Waals surface area contributed by atoms with Crippen molar-refractivity contribution in [1.29, 1.82) is 0 Å². The normalized spacial score (nSPS) is 20.8. The first-order valence-corrected chi connectivity index (χ1v) is 21.5. The topological polar surface area (TPSA) is 165 Å². The number of aromatic nitrogens is 4. The number of nitrogens with zero attached hydrogens (tertiary/aromatic N) is 6. The minimum Gasteiger partial charge on any atom is -0.474 e. The van der Waals surface area contributed by atoms with Crippen molar-refractivity contribution >= 4 is 56.9 Å². The van der Waals surface area contributed by atoms with E-state index < -0.39 is 18.0 Å². The zero-order valence-corrected chi connectivity index (χ0v) is 34.5. The van der Waals surface area contributed by atoms with Crippen LogP contribution in [0.15, 0.2) is 53.6 Å². The van der Waals surface area contributed by atoms with Crippen LogP contribution in [0.5, 0.6) is 5.88 Å². The van der Waals surface area contributed by atoms with Gasteiger partial charge in [0.25, 0.3) is 0 Å². The molecule has 16 heteroatoms. The molecule has 318 valence electrons. The van der Waals surface area contributed by atoms with Crippen LogP contribution in [0.2, 0.25) is 0 Å². The van der Waals surface area contributed by atoms with Crippen molar-refractivity contribution < 1.29 is 28.2 Å². The standard InChI is InChI=1S/C45H50FN9O6/c1-26-33(24-49-42-40(26)47-11-16-60-42)32-17-28-19-38(48-23-29(28)18-34(32)46)50-43(58)61-31-21-45(22-31)9-14-53(15-10-45)25-27-7-12-54(13-8-27)30-3-4-35-37(20-30)52(2)44(59)55(35)36-5-6-39(56)51-41(36)57/h3-4,17-20,23-24,27,31,36,47H,5-16,21-22,25H2,1-2H3,(H,48,50,58)(H,51,56,57). The number of amides is 3. The summed E-state index contributed by atoms with van der Waals surface area (Å²) < 4.78 is 30.0. The number of hydrogen-bond donors (Lipinski definition) is 3. The maximum absolute atomic E-state index is 15.3. The molecule has 5 aliphatic rings. The molecule has 2 aromatic carbocycles. The number of piperidine rings is 3. The van der Waals surface area contributed by atoms with E-state index in [1.165, 1.54) is 10.6 Å². The quantitative estimate of drug-likeness (QED) is 0.168. The lowest BCUT2D eigenvalue weighted by Gasteiger charge is -2.51. The van der Waals surface area contributed by atoms with Gasteiger partial charge in [-0.25, -0.2) is 23.9 Å². The fraction of sp³-hybridized carbons (Fsp3) is 0.467. The third-order valence-electron chi connectivity index (χ3n) is 13.9. The first-order chi connectivity index (χ1) is 29.5. The monoisotopic (exact) mass is 831 g/mol. The number of hydrogen-bond acceptors (Lipinski definition) is 11. The number of ether oxygens (including phenoxy) is 2. The van der Waals surface area contributed by atoms with Crippen LogP contribution in [-0.4, -0.2) is 93.9 Å². The molecule has 0 bridgehead atoms. The Balaban J connectivity index is 0.689. The second-order valence-electron chi connectivity index (χ2n) is 17.6. The molecule has 15 nitrogen and oxygen atoms in total. The molecule has 4 fully saturated rings. The molecule has 3 aromatic heterocycles. The first kappa shape index (κ1) is 39.1. The summed E-state index contributed by atoms with van der Waals surface area (Å²) in [7, 11) is 1.73. The zero-order chi connectivity index (χ0) is 42.0. The Labute approximate surface area is 351 Å². The van der Waals surface area contributed by atoms with Gasteiger partial charge in [-0.1, -0.05) is 0 Å². The van der Waals surface area contributed by atoms with E-state index in [1.807, 2.05) is 25.1 Å². The Morgan fingerprint density at radius 3 is 2.56 bits per heavy atom. The van der Waals surface area contributed by atoms with E-state index in [-0.39, 0.29) is 35.4 Å². The van der Waals surface area contributed by atoms with Gasteiger partial charge < -0.3 is 24.6 Å². The Morgan fingerprint density at radius 2 is 1.77 bits per heavy atom. The largest absolute Gasteiger partial charge is 0.474 e. The number of benzene rings is 2. The number of nitrogens with one attached hydrogen (secondary N) is 3. The number of imide groups is 1. The van der Waals surface area contributed by atoms with Crippen LogP contribution in [0.1, 0.15) is 63.0 Å². The summed E-state index contributed by atoms with van der Waals surface area (Å²) in [5.41, 5.74) is 5.21. The van der Waals surface area contributed by atoms with Crippen molar-refractivity contribution in [1.82, 2.24) is 29.3 Å². The molecule has 7 heterocycles. The second-order valence-corrected chi connectivity index (χ2v) is 17.6. The van der Waals surface area contributed by atoms with E-state index >= 15 is 4.39 Å². The minimum absolute atomic E-state index is 0.133. The number of aryl methyl sites for hydroxylation is 1. The van der Waals surface area contributed by atoms with Gasteiger partial charge in [0.1, 0.15) is 36.1 Å². The number of halogens is 1. The Kier molecular flexibility index (Phi) is 9.92. The number of rotatable bonds is 7. The molecule has 5 aromatic rings. The summed E-state index contributed by atoms with van der Waals surface area (Å²) in [6.45, 7) is 8.14. The van der Waals surface area contributed by atoms with E-state index in [4.69, 9.17) is 9.47 Å². The highest BCUT2D eigenvalue weighted by Crippen LogP contribution is 2.50. The number of fused-ring (bicyclic) bond motifs is 3. The van der Waals surface area contributed by atoms with Gasteiger partial charge in [0.2, 0.25) is 17.7 Å². The van der Waals surface area contributed by atoms with Crippen LogP contribution >= 0.6 is 0 Å². The molecule has 3 saturated heterocycles. The van der Waals surface area contributed by atoms with Crippen LogP contribution in [0.4, 0.5) is 26.4 Å². The van der Waals surface area contributed by atoms with E-state index in [0.29, 0.717) is 59.2 Å². The summed E-state index contributed by atoms with van der Waals surface area (Å²) in [6, 6.07) is 10.3. The van der Waals surface area contributed by atoms with Crippen LogP contribution in [-0.2, 0) is 21.4 Å². The lowest BCUT2D eigenvalue weighted by molar-refractivity contribution is -0.135. The molecule has 1 unspecified atom stereocenters. The summed E-state index contributed by atoms with van der Waals surface area (Å²) in [4.78, 5) is 64.3. The molecule has 61 heavy (non-hydrogen) atoms. The fourth-order valence-corrected chi connectivity index (χ4v) is 10.3. The van der Waals surface area contributed by atoms with E-state index in [9.17, 15) is 19.2 Å². The molecule has 1 atom stereocenters. The minimum atomic E-state index is -0.694. The third kappa shape index (κ3) is 7.34. The van der Waals surface area contributed by atoms with Crippen molar-refractivity contribution in [3.05, 3.63) is 70.7 Å². The molecule has 4 aliphatic heterocycles. The van der Waals surface area contributed by atoms with Crippen LogP contribution in [0, 0.1) is 24.1 Å². The average Bonchev–Trinajstić information content (AvgIpc) is 3.49. The van der Waals surface area contributed by atoms with E-state index in [0.717, 1.165) is 99.1 Å². The lowest BCUT2D eigenvalue weighted by Crippen LogP contribution is -2.51.